The molecule has 0 radical (unpaired) electrons. The molecule has 1 atom stereocenters. The average Bonchev–Trinajstić information content (AvgIpc) is 2.37. The number of hydrogen-bond acceptors (Lipinski definition) is 2. The molecule has 1 unspecified atom stereocenters. The van der Waals surface area contributed by atoms with E-state index in [1.165, 1.54) is 18.2 Å². The largest absolute Gasteiger partial charge is 0.271 e. The quantitative estimate of drug-likeness (QED) is 0.516. The molecule has 0 aromatic heterocycles. The Morgan fingerprint density at radius 2 is 1.55 bits per heavy atom. The molecular formula is C14H12F4N2. The van der Waals surface area contributed by atoms with Crippen molar-refractivity contribution in [2.45, 2.75) is 13.0 Å². The first-order valence-electron chi connectivity index (χ1n) is 5.80. The summed E-state index contributed by atoms with van der Waals surface area (Å²) in [5.41, 5.74) is 2.31. The fourth-order valence-electron chi connectivity index (χ4n) is 2.04. The van der Waals surface area contributed by atoms with Crippen LogP contribution in [0.25, 0.3) is 0 Å². The molecule has 0 heterocycles. The maximum atomic E-state index is 13.8. The van der Waals surface area contributed by atoms with Gasteiger partial charge in [0.2, 0.25) is 0 Å². The minimum atomic E-state index is -1.25. The molecule has 20 heavy (non-hydrogen) atoms. The molecule has 0 bridgehead atoms. The summed E-state index contributed by atoms with van der Waals surface area (Å²) in [6.45, 7) is 1.70. The number of nitrogens with one attached hydrogen (secondary N) is 1. The van der Waals surface area contributed by atoms with Gasteiger partial charge < -0.3 is 0 Å². The summed E-state index contributed by atoms with van der Waals surface area (Å²) in [5.74, 6) is 1.31. The van der Waals surface area contributed by atoms with Crippen LogP contribution in [0.4, 0.5) is 17.6 Å². The van der Waals surface area contributed by atoms with Gasteiger partial charge in [0.15, 0.2) is 0 Å². The highest BCUT2D eigenvalue weighted by atomic mass is 19.1. The van der Waals surface area contributed by atoms with Crippen LogP contribution in [0.5, 0.6) is 0 Å². The van der Waals surface area contributed by atoms with Crippen molar-refractivity contribution in [1.82, 2.24) is 5.43 Å². The second kappa shape index (κ2) is 5.60. The normalized spacial score (nSPS) is 12.5. The maximum absolute atomic E-state index is 13.8. The SMILES string of the molecule is Cc1ccc(F)c(C(NN)c2c(F)cc(F)cc2F)c1. The van der Waals surface area contributed by atoms with Crippen molar-refractivity contribution in [3.63, 3.8) is 0 Å². The number of aryl methyl sites for hydroxylation is 1. The molecule has 0 aliphatic carbocycles. The molecule has 106 valence electrons. The van der Waals surface area contributed by atoms with Gasteiger partial charge >= 0.3 is 0 Å². The zero-order valence-electron chi connectivity index (χ0n) is 10.6. The zero-order valence-corrected chi connectivity index (χ0v) is 10.6. The highest BCUT2D eigenvalue weighted by Crippen LogP contribution is 2.29. The Bertz CT molecular complexity index is 620. The Balaban J connectivity index is 2.61. The average molecular weight is 284 g/mol. The van der Waals surface area contributed by atoms with Gasteiger partial charge in [-0.3, -0.25) is 5.84 Å². The first-order valence-corrected chi connectivity index (χ1v) is 5.80. The fraction of sp³-hybridized carbons (Fsp3) is 0.143. The predicted molar refractivity (Wildman–Crippen MR) is 66.6 cm³/mol. The molecule has 6 heteroatoms. The summed E-state index contributed by atoms with van der Waals surface area (Å²) >= 11 is 0. The van der Waals surface area contributed by atoms with E-state index in [0.29, 0.717) is 17.7 Å². The minimum Gasteiger partial charge on any atom is -0.271 e. The van der Waals surface area contributed by atoms with Crippen molar-refractivity contribution in [2.24, 2.45) is 5.84 Å². The standard InChI is InChI=1S/C14H12F4N2/c1-7-2-3-10(16)9(4-7)14(20-19)13-11(17)5-8(15)6-12(13)18/h2-6,14,20H,19H2,1H3. The van der Waals surface area contributed by atoms with Gasteiger partial charge in [-0.25, -0.2) is 23.0 Å². The van der Waals surface area contributed by atoms with Crippen molar-refractivity contribution in [2.75, 3.05) is 0 Å². The first kappa shape index (κ1) is 14.5. The van der Waals surface area contributed by atoms with Gasteiger partial charge in [0.25, 0.3) is 0 Å². The van der Waals surface area contributed by atoms with E-state index in [0.717, 1.165) is 0 Å². The number of hydrazine groups is 1. The van der Waals surface area contributed by atoms with Crippen molar-refractivity contribution < 1.29 is 17.6 Å². The van der Waals surface area contributed by atoms with Crippen LogP contribution in [0.3, 0.4) is 0 Å². The number of nitrogens with two attached hydrogens (primary N) is 1. The van der Waals surface area contributed by atoms with Crippen molar-refractivity contribution >= 4 is 0 Å². The summed E-state index contributed by atoms with van der Waals surface area (Å²) in [7, 11) is 0. The Kier molecular flexibility index (Phi) is 4.06. The Hall–Kier alpha value is -1.92. The first-order chi connectivity index (χ1) is 9.43. The van der Waals surface area contributed by atoms with E-state index >= 15 is 0 Å². The third kappa shape index (κ3) is 2.66. The van der Waals surface area contributed by atoms with Crippen LogP contribution in [0.1, 0.15) is 22.7 Å². The Labute approximate surface area is 113 Å². The van der Waals surface area contributed by atoms with E-state index in [1.54, 1.807) is 6.92 Å². The van der Waals surface area contributed by atoms with Crippen LogP contribution in [-0.2, 0) is 0 Å². The van der Waals surface area contributed by atoms with E-state index in [2.05, 4.69) is 5.43 Å². The number of benzene rings is 2. The highest BCUT2D eigenvalue weighted by Gasteiger charge is 2.24. The third-order valence-corrected chi connectivity index (χ3v) is 2.96. The predicted octanol–water partition coefficient (Wildman–Crippen LogP) is 3.10. The highest BCUT2D eigenvalue weighted by molar-refractivity contribution is 5.36. The molecule has 2 rings (SSSR count). The summed E-state index contributed by atoms with van der Waals surface area (Å²) in [6, 6.07) is 3.91. The molecule has 2 nitrogen and oxygen atoms in total. The second-order valence-corrected chi connectivity index (χ2v) is 4.41. The van der Waals surface area contributed by atoms with Crippen molar-refractivity contribution in [1.29, 1.82) is 0 Å². The van der Waals surface area contributed by atoms with Gasteiger partial charge in [-0.2, -0.15) is 0 Å². The molecule has 0 saturated carbocycles. The van der Waals surface area contributed by atoms with Crippen LogP contribution >= 0.6 is 0 Å². The number of halogens is 4. The third-order valence-electron chi connectivity index (χ3n) is 2.96. The summed E-state index contributed by atoms with van der Waals surface area (Å²) in [4.78, 5) is 0. The van der Waals surface area contributed by atoms with Gasteiger partial charge in [0.05, 0.1) is 6.04 Å². The number of hydrogen-bond donors (Lipinski definition) is 2. The van der Waals surface area contributed by atoms with Gasteiger partial charge in [0, 0.05) is 23.3 Å². The zero-order chi connectivity index (χ0) is 14.9. The molecule has 0 spiro atoms. The lowest BCUT2D eigenvalue weighted by molar-refractivity contribution is 0.481. The van der Waals surface area contributed by atoms with Crippen LogP contribution in [-0.4, -0.2) is 0 Å². The monoisotopic (exact) mass is 284 g/mol. The number of rotatable bonds is 3. The molecular weight excluding hydrogens is 272 g/mol. The lowest BCUT2D eigenvalue weighted by Crippen LogP contribution is -2.31. The van der Waals surface area contributed by atoms with E-state index in [4.69, 9.17) is 5.84 Å². The van der Waals surface area contributed by atoms with Crippen LogP contribution in [0.15, 0.2) is 30.3 Å². The lowest BCUT2D eigenvalue weighted by atomic mass is 9.96. The van der Waals surface area contributed by atoms with E-state index in [1.807, 2.05) is 0 Å². The van der Waals surface area contributed by atoms with Gasteiger partial charge in [-0.05, 0) is 13.0 Å². The minimum absolute atomic E-state index is 0.0168. The van der Waals surface area contributed by atoms with Crippen molar-refractivity contribution in [3.8, 4) is 0 Å². The Morgan fingerprint density at radius 1 is 0.950 bits per heavy atom. The molecule has 2 aromatic rings. The lowest BCUT2D eigenvalue weighted by Gasteiger charge is -2.19. The maximum Gasteiger partial charge on any atom is 0.134 e. The van der Waals surface area contributed by atoms with Gasteiger partial charge in [0.1, 0.15) is 23.3 Å². The molecule has 0 saturated heterocycles. The van der Waals surface area contributed by atoms with E-state index < -0.39 is 34.9 Å². The molecule has 0 aliphatic heterocycles. The van der Waals surface area contributed by atoms with Crippen LogP contribution in [0, 0.1) is 30.2 Å². The summed E-state index contributed by atoms with van der Waals surface area (Å²) < 4.78 is 54.3. The van der Waals surface area contributed by atoms with Gasteiger partial charge in [-0.15, -0.1) is 0 Å². The van der Waals surface area contributed by atoms with E-state index in [9.17, 15) is 17.6 Å². The second-order valence-electron chi connectivity index (χ2n) is 4.41. The molecule has 2 aromatic carbocycles. The fourth-order valence-corrected chi connectivity index (χ4v) is 2.04. The van der Waals surface area contributed by atoms with Crippen LogP contribution < -0.4 is 11.3 Å². The summed E-state index contributed by atoms with van der Waals surface area (Å²) in [5, 5.41) is 0. The van der Waals surface area contributed by atoms with Crippen LogP contribution in [0.2, 0.25) is 0 Å². The molecule has 0 fully saturated rings. The van der Waals surface area contributed by atoms with Gasteiger partial charge in [-0.1, -0.05) is 17.7 Å². The molecule has 0 aliphatic rings. The smallest absolute Gasteiger partial charge is 0.134 e. The van der Waals surface area contributed by atoms with E-state index in [-0.39, 0.29) is 5.56 Å². The molecule has 0 amide bonds. The summed E-state index contributed by atoms with van der Waals surface area (Å²) in [6.07, 6.45) is 0. The topological polar surface area (TPSA) is 38.0 Å². The Morgan fingerprint density at radius 3 is 2.10 bits per heavy atom. The molecule has 3 N–H and O–H groups in total. The van der Waals surface area contributed by atoms with Crippen molar-refractivity contribution in [3.05, 3.63) is 70.3 Å².